The lowest BCUT2D eigenvalue weighted by atomic mass is 10.1. The first-order valence-electron chi connectivity index (χ1n) is 9.04. The summed E-state index contributed by atoms with van der Waals surface area (Å²) in [6.07, 6.45) is 3.55. The smallest absolute Gasteiger partial charge is 0.258 e. The minimum atomic E-state index is 0.290. The van der Waals surface area contributed by atoms with Crippen LogP contribution in [0.5, 0.6) is 0 Å². The monoisotopic (exact) mass is 401 g/mol. The SMILES string of the molecule is Cc1cnc(-c2cccc(N(C)c3nc4nnc(Cl)n4c4ccccc34)c2)cn1. The number of hydrogen-bond donors (Lipinski definition) is 0. The molecule has 0 radical (unpaired) electrons. The third-order valence-corrected chi connectivity index (χ3v) is 5.07. The molecule has 0 spiro atoms. The van der Waals surface area contributed by atoms with Crippen LogP contribution < -0.4 is 4.90 Å². The molecule has 0 bridgehead atoms. The van der Waals surface area contributed by atoms with Crippen LogP contribution in [0.2, 0.25) is 5.28 Å². The molecule has 0 amide bonds. The molecule has 5 rings (SSSR count). The molecule has 0 N–H and O–H groups in total. The average Bonchev–Trinajstić information content (AvgIpc) is 3.14. The first-order valence-corrected chi connectivity index (χ1v) is 9.42. The van der Waals surface area contributed by atoms with Crippen molar-refractivity contribution in [2.45, 2.75) is 6.92 Å². The molecule has 0 aliphatic carbocycles. The fourth-order valence-electron chi connectivity index (χ4n) is 3.34. The second-order valence-electron chi connectivity index (χ2n) is 6.71. The second-order valence-corrected chi connectivity index (χ2v) is 7.05. The molecule has 0 aliphatic rings. The van der Waals surface area contributed by atoms with E-state index in [0.717, 1.165) is 39.4 Å². The Morgan fingerprint density at radius 1 is 0.966 bits per heavy atom. The fourth-order valence-corrected chi connectivity index (χ4v) is 3.55. The van der Waals surface area contributed by atoms with Crippen molar-refractivity contribution >= 4 is 39.8 Å². The Kier molecular flexibility index (Phi) is 4.10. The number of nitrogens with zero attached hydrogens (tertiary/aromatic N) is 7. The highest BCUT2D eigenvalue weighted by atomic mass is 35.5. The second kappa shape index (κ2) is 6.79. The maximum absolute atomic E-state index is 6.22. The van der Waals surface area contributed by atoms with E-state index < -0.39 is 0 Å². The molecular weight excluding hydrogens is 386 g/mol. The Balaban J connectivity index is 1.65. The lowest BCUT2D eigenvalue weighted by Crippen LogP contribution is -2.13. The van der Waals surface area contributed by atoms with Crippen molar-refractivity contribution in [3.05, 3.63) is 71.9 Å². The van der Waals surface area contributed by atoms with E-state index in [1.54, 1.807) is 16.8 Å². The summed E-state index contributed by atoms with van der Waals surface area (Å²) in [6, 6.07) is 16.0. The summed E-state index contributed by atoms with van der Waals surface area (Å²) in [5.41, 5.74) is 4.56. The topological polar surface area (TPSA) is 72.1 Å². The Labute approximate surface area is 171 Å². The third-order valence-electron chi connectivity index (χ3n) is 4.83. The fraction of sp³-hybridized carbons (Fsp3) is 0.0952. The number of anilines is 2. The number of aromatic nitrogens is 6. The van der Waals surface area contributed by atoms with E-state index in [0.29, 0.717) is 5.78 Å². The van der Waals surface area contributed by atoms with Gasteiger partial charge in [-0.15, -0.1) is 10.2 Å². The maximum Gasteiger partial charge on any atom is 0.258 e. The number of aryl methyl sites for hydroxylation is 1. The molecular formula is C21H16ClN7. The summed E-state index contributed by atoms with van der Waals surface area (Å²) >= 11 is 6.22. The summed E-state index contributed by atoms with van der Waals surface area (Å²) in [7, 11) is 1.98. The van der Waals surface area contributed by atoms with Crippen molar-refractivity contribution in [3.8, 4) is 11.3 Å². The van der Waals surface area contributed by atoms with Gasteiger partial charge in [-0.05, 0) is 42.8 Å². The number of para-hydroxylation sites is 1. The molecule has 29 heavy (non-hydrogen) atoms. The summed E-state index contributed by atoms with van der Waals surface area (Å²) in [6.45, 7) is 1.92. The summed E-state index contributed by atoms with van der Waals surface area (Å²) in [5, 5.41) is 9.30. The number of fused-ring (bicyclic) bond motifs is 3. The Morgan fingerprint density at radius 2 is 1.83 bits per heavy atom. The molecule has 2 aromatic carbocycles. The number of benzene rings is 2. The van der Waals surface area contributed by atoms with E-state index >= 15 is 0 Å². The number of rotatable bonds is 3. The van der Waals surface area contributed by atoms with Gasteiger partial charge < -0.3 is 4.90 Å². The quantitative estimate of drug-likeness (QED) is 0.444. The van der Waals surface area contributed by atoms with Gasteiger partial charge in [-0.25, -0.2) is 4.40 Å². The van der Waals surface area contributed by atoms with Crippen LogP contribution in [0.25, 0.3) is 27.9 Å². The van der Waals surface area contributed by atoms with E-state index in [9.17, 15) is 0 Å². The van der Waals surface area contributed by atoms with Gasteiger partial charge in [0, 0.05) is 29.9 Å². The van der Waals surface area contributed by atoms with E-state index in [1.807, 2.05) is 61.3 Å². The van der Waals surface area contributed by atoms with Crippen LogP contribution in [0.4, 0.5) is 11.5 Å². The Hall–Kier alpha value is -3.58. The Bertz CT molecular complexity index is 1340. The molecule has 0 unspecified atom stereocenters. The molecule has 5 aromatic rings. The van der Waals surface area contributed by atoms with Crippen molar-refractivity contribution in [1.82, 2.24) is 29.5 Å². The van der Waals surface area contributed by atoms with Crippen molar-refractivity contribution in [1.29, 1.82) is 0 Å². The predicted molar refractivity (Wildman–Crippen MR) is 114 cm³/mol. The average molecular weight is 402 g/mol. The van der Waals surface area contributed by atoms with Crippen molar-refractivity contribution in [2.24, 2.45) is 0 Å². The first-order chi connectivity index (χ1) is 14.1. The van der Waals surface area contributed by atoms with Gasteiger partial charge >= 0.3 is 0 Å². The predicted octanol–water partition coefficient (Wildman–Crippen LogP) is 4.46. The van der Waals surface area contributed by atoms with Gasteiger partial charge in [0.05, 0.1) is 23.1 Å². The number of halogens is 1. The largest absolute Gasteiger partial charge is 0.329 e. The zero-order chi connectivity index (χ0) is 20.0. The molecule has 7 nitrogen and oxygen atoms in total. The third kappa shape index (κ3) is 2.96. The summed E-state index contributed by atoms with van der Waals surface area (Å²) in [4.78, 5) is 15.6. The van der Waals surface area contributed by atoms with E-state index in [4.69, 9.17) is 16.6 Å². The minimum absolute atomic E-state index is 0.290. The molecule has 0 fully saturated rings. The molecule has 3 heterocycles. The van der Waals surface area contributed by atoms with Gasteiger partial charge in [0.15, 0.2) is 0 Å². The van der Waals surface area contributed by atoms with Crippen LogP contribution in [0.1, 0.15) is 5.69 Å². The molecule has 3 aromatic heterocycles. The van der Waals surface area contributed by atoms with E-state index in [1.165, 1.54) is 0 Å². The molecule has 0 saturated heterocycles. The maximum atomic E-state index is 6.22. The van der Waals surface area contributed by atoms with E-state index in [2.05, 4.69) is 26.2 Å². The van der Waals surface area contributed by atoms with Crippen LogP contribution in [0, 0.1) is 6.92 Å². The normalized spacial score (nSPS) is 11.3. The standard InChI is InChI=1S/C21H16ClN7/c1-13-11-24-17(12-23-13)14-6-5-7-15(10-14)28(2)19-16-8-3-4-9-18(16)29-20(22)26-27-21(29)25-19/h3-12H,1-2H3. The van der Waals surface area contributed by atoms with Gasteiger partial charge in [-0.3, -0.25) is 9.97 Å². The lowest BCUT2D eigenvalue weighted by Gasteiger charge is -2.21. The zero-order valence-electron chi connectivity index (χ0n) is 15.8. The van der Waals surface area contributed by atoms with Crippen molar-refractivity contribution in [2.75, 3.05) is 11.9 Å². The highest BCUT2D eigenvalue weighted by Crippen LogP contribution is 2.32. The first kappa shape index (κ1) is 17.5. The molecule has 0 saturated carbocycles. The van der Waals surface area contributed by atoms with Crippen LogP contribution in [0.3, 0.4) is 0 Å². The van der Waals surface area contributed by atoms with Gasteiger partial charge in [-0.1, -0.05) is 24.3 Å². The van der Waals surface area contributed by atoms with Gasteiger partial charge in [0.25, 0.3) is 5.78 Å². The zero-order valence-corrected chi connectivity index (χ0v) is 16.5. The van der Waals surface area contributed by atoms with Crippen molar-refractivity contribution in [3.63, 3.8) is 0 Å². The highest BCUT2D eigenvalue weighted by molar-refractivity contribution is 6.29. The minimum Gasteiger partial charge on any atom is -0.329 e. The number of hydrogen-bond acceptors (Lipinski definition) is 6. The van der Waals surface area contributed by atoms with Crippen molar-refractivity contribution < 1.29 is 0 Å². The molecule has 0 aliphatic heterocycles. The Morgan fingerprint density at radius 3 is 2.66 bits per heavy atom. The summed E-state index contributed by atoms with van der Waals surface area (Å²) < 4.78 is 1.74. The summed E-state index contributed by atoms with van der Waals surface area (Å²) in [5.74, 6) is 1.22. The lowest BCUT2D eigenvalue weighted by molar-refractivity contribution is 1.08. The van der Waals surface area contributed by atoms with Gasteiger partial charge in [0.2, 0.25) is 5.28 Å². The van der Waals surface area contributed by atoms with Gasteiger partial charge in [0.1, 0.15) is 5.82 Å². The van der Waals surface area contributed by atoms with Crippen LogP contribution in [-0.4, -0.2) is 36.6 Å². The van der Waals surface area contributed by atoms with E-state index in [-0.39, 0.29) is 5.28 Å². The molecule has 0 atom stereocenters. The van der Waals surface area contributed by atoms with Crippen LogP contribution in [0.15, 0.2) is 60.9 Å². The van der Waals surface area contributed by atoms with Crippen LogP contribution >= 0.6 is 11.6 Å². The highest BCUT2D eigenvalue weighted by Gasteiger charge is 2.16. The van der Waals surface area contributed by atoms with Gasteiger partial charge in [-0.2, -0.15) is 4.98 Å². The van der Waals surface area contributed by atoms with Crippen LogP contribution in [-0.2, 0) is 0 Å². The molecule has 142 valence electrons. The molecule has 8 heteroatoms.